The predicted octanol–water partition coefficient (Wildman–Crippen LogP) is 1.59. The minimum absolute atomic E-state index is 0.00603. The van der Waals surface area contributed by atoms with Crippen molar-refractivity contribution in [1.82, 2.24) is 5.32 Å². The molecule has 1 amide bonds. The summed E-state index contributed by atoms with van der Waals surface area (Å²) in [6.07, 6.45) is 0.811. The molecule has 0 aliphatic carbocycles. The van der Waals surface area contributed by atoms with Gasteiger partial charge in [0, 0.05) is 6.54 Å². The Morgan fingerprint density at radius 2 is 1.85 bits per heavy atom. The molecule has 1 aromatic rings. The van der Waals surface area contributed by atoms with Gasteiger partial charge in [-0.25, -0.2) is 8.42 Å². The first-order valence-electron chi connectivity index (χ1n) is 6.63. The van der Waals surface area contributed by atoms with E-state index in [1.54, 1.807) is 12.1 Å². The fourth-order valence-corrected chi connectivity index (χ4v) is 3.11. The first-order valence-corrected chi connectivity index (χ1v) is 8.17. The lowest BCUT2D eigenvalue weighted by Crippen LogP contribution is -2.38. The summed E-state index contributed by atoms with van der Waals surface area (Å²) in [6, 6.07) is 6.17. The van der Waals surface area contributed by atoms with Gasteiger partial charge in [-0.2, -0.15) is 0 Å². The number of benzene rings is 1. The number of hydrogen-bond acceptors (Lipinski definition) is 4. The smallest absolute Gasteiger partial charge is 0.238 e. The summed E-state index contributed by atoms with van der Waals surface area (Å²) >= 11 is 0. The third-order valence-electron chi connectivity index (χ3n) is 3.08. The molecular weight excluding hydrogens is 276 g/mol. The predicted molar refractivity (Wildman–Crippen MR) is 80.0 cm³/mol. The summed E-state index contributed by atoms with van der Waals surface area (Å²) in [4.78, 5) is 11.9. The lowest BCUT2D eigenvalue weighted by atomic mass is 10.1. The average molecular weight is 298 g/mol. The Balaban J connectivity index is 2.82. The maximum absolute atomic E-state index is 12.4. The van der Waals surface area contributed by atoms with E-state index in [9.17, 15) is 13.2 Å². The van der Waals surface area contributed by atoms with Crippen LogP contribution in [-0.2, 0) is 14.6 Å². The number of rotatable bonds is 6. The molecule has 0 aliphatic rings. The van der Waals surface area contributed by atoms with Crippen LogP contribution in [0.2, 0.25) is 0 Å². The third kappa shape index (κ3) is 3.96. The number of carbonyl (C=O) groups excluding carboxylic acids is 1. The van der Waals surface area contributed by atoms with Gasteiger partial charge in [0.25, 0.3) is 0 Å². The van der Waals surface area contributed by atoms with Crippen LogP contribution in [0.1, 0.15) is 27.2 Å². The molecule has 0 heterocycles. The van der Waals surface area contributed by atoms with Crippen molar-refractivity contribution in [1.29, 1.82) is 0 Å². The number of carbonyl (C=O) groups is 1. The largest absolute Gasteiger partial charge is 0.398 e. The number of para-hydroxylation sites is 1. The molecule has 0 aromatic heterocycles. The van der Waals surface area contributed by atoms with Crippen LogP contribution in [0.15, 0.2) is 29.2 Å². The summed E-state index contributed by atoms with van der Waals surface area (Å²) in [6.45, 7) is 5.93. The molecule has 1 unspecified atom stereocenters. The highest BCUT2D eigenvalue weighted by Gasteiger charge is 2.30. The zero-order valence-electron chi connectivity index (χ0n) is 12.1. The van der Waals surface area contributed by atoms with Gasteiger partial charge >= 0.3 is 0 Å². The van der Waals surface area contributed by atoms with E-state index in [-0.39, 0.29) is 10.6 Å². The Labute approximate surface area is 120 Å². The van der Waals surface area contributed by atoms with E-state index in [0.717, 1.165) is 6.42 Å². The summed E-state index contributed by atoms with van der Waals surface area (Å²) in [5.41, 5.74) is 5.84. The van der Waals surface area contributed by atoms with Crippen molar-refractivity contribution < 1.29 is 13.2 Å². The molecule has 0 radical (unpaired) electrons. The van der Waals surface area contributed by atoms with Crippen LogP contribution < -0.4 is 11.1 Å². The van der Waals surface area contributed by atoms with Crippen LogP contribution in [-0.4, -0.2) is 26.1 Å². The summed E-state index contributed by atoms with van der Waals surface area (Å²) in [5.74, 6) is -0.0408. The van der Waals surface area contributed by atoms with Gasteiger partial charge in [-0.1, -0.05) is 26.0 Å². The fourth-order valence-electron chi connectivity index (χ4n) is 1.70. The van der Waals surface area contributed by atoms with Crippen LogP contribution in [0.25, 0.3) is 0 Å². The van der Waals surface area contributed by atoms with Crippen LogP contribution in [0.3, 0.4) is 0 Å². The Hall–Kier alpha value is -1.56. The highest BCUT2D eigenvalue weighted by molar-refractivity contribution is 7.93. The zero-order valence-corrected chi connectivity index (χ0v) is 12.9. The minimum Gasteiger partial charge on any atom is -0.398 e. The highest BCUT2D eigenvalue weighted by atomic mass is 32.2. The summed E-state index contributed by atoms with van der Waals surface area (Å²) in [5, 5.41) is 1.50. The van der Waals surface area contributed by atoms with Gasteiger partial charge in [0.2, 0.25) is 5.91 Å². The second kappa shape index (κ2) is 6.74. The molecule has 0 spiro atoms. The lowest BCUT2D eigenvalue weighted by molar-refractivity contribution is -0.120. The van der Waals surface area contributed by atoms with Gasteiger partial charge < -0.3 is 11.1 Å². The molecule has 0 saturated heterocycles. The maximum Gasteiger partial charge on any atom is 0.238 e. The molecule has 0 saturated carbocycles. The van der Waals surface area contributed by atoms with E-state index in [1.807, 2.05) is 13.8 Å². The Morgan fingerprint density at radius 1 is 1.25 bits per heavy atom. The van der Waals surface area contributed by atoms with Crippen molar-refractivity contribution in [3.05, 3.63) is 24.3 Å². The molecule has 112 valence electrons. The van der Waals surface area contributed by atoms with E-state index in [0.29, 0.717) is 12.5 Å². The van der Waals surface area contributed by atoms with Crippen molar-refractivity contribution in [2.24, 2.45) is 5.92 Å². The molecule has 0 bridgehead atoms. The van der Waals surface area contributed by atoms with Crippen molar-refractivity contribution in [3.63, 3.8) is 0 Å². The SMILES string of the molecule is CC(C)CCNC(=O)C(C)S(=O)(=O)c1ccccc1N. The second-order valence-electron chi connectivity index (χ2n) is 5.20. The second-order valence-corrected chi connectivity index (χ2v) is 7.44. The number of nitrogens with one attached hydrogen (secondary N) is 1. The van der Waals surface area contributed by atoms with Gasteiger partial charge in [0.05, 0.1) is 10.6 Å². The highest BCUT2D eigenvalue weighted by Crippen LogP contribution is 2.22. The minimum atomic E-state index is -3.76. The zero-order chi connectivity index (χ0) is 15.3. The van der Waals surface area contributed by atoms with Crippen LogP contribution in [0.4, 0.5) is 5.69 Å². The molecule has 0 fully saturated rings. The maximum atomic E-state index is 12.4. The number of nitrogen functional groups attached to an aromatic ring is 1. The molecule has 6 heteroatoms. The normalized spacial score (nSPS) is 13.2. The van der Waals surface area contributed by atoms with Crippen molar-refractivity contribution >= 4 is 21.4 Å². The Kier molecular flexibility index (Phi) is 5.56. The first kappa shape index (κ1) is 16.5. The average Bonchev–Trinajstić information content (AvgIpc) is 2.37. The van der Waals surface area contributed by atoms with E-state index in [2.05, 4.69) is 5.32 Å². The topological polar surface area (TPSA) is 89.3 Å². The quantitative estimate of drug-likeness (QED) is 0.781. The van der Waals surface area contributed by atoms with Gasteiger partial charge in [0.1, 0.15) is 5.25 Å². The van der Waals surface area contributed by atoms with E-state index in [1.165, 1.54) is 19.1 Å². The summed E-state index contributed by atoms with van der Waals surface area (Å²) in [7, 11) is -3.76. The molecule has 3 N–H and O–H groups in total. The van der Waals surface area contributed by atoms with Crippen molar-refractivity contribution in [3.8, 4) is 0 Å². The number of nitrogens with two attached hydrogens (primary N) is 1. The molecule has 5 nitrogen and oxygen atoms in total. The number of amides is 1. The fraction of sp³-hybridized carbons (Fsp3) is 0.500. The van der Waals surface area contributed by atoms with Crippen molar-refractivity contribution in [2.45, 2.75) is 37.3 Å². The van der Waals surface area contributed by atoms with E-state index in [4.69, 9.17) is 5.73 Å². The first-order chi connectivity index (χ1) is 9.26. The van der Waals surface area contributed by atoms with Gasteiger partial charge in [0.15, 0.2) is 9.84 Å². The molecule has 0 aliphatic heterocycles. The Bertz CT molecular complexity index is 568. The summed E-state index contributed by atoms with van der Waals surface area (Å²) < 4.78 is 24.7. The molecule has 20 heavy (non-hydrogen) atoms. The van der Waals surface area contributed by atoms with E-state index < -0.39 is 21.0 Å². The molecule has 1 atom stereocenters. The number of anilines is 1. The van der Waals surface area contributed by atoms with Gasteiger partial charge in [-0.05, 0) is 31.4 Å². The van der Waals surface area contributed by atoms with E-state index >= 15 is 0 Å². The monoisotopic (exact) mass is 298 g/mol. The van der Waals surface area contributed by atoms with Crippen LogP contribution in [0.5, 0.6) is 0 Å². The van der Waals surface area contributed by atoms with Gasteiger partial charge in [-0.3, -0.25) is 4.79 Å². The lowest BCUT2D eigenvalue weighted by Gasteiger charge is -2.15. The molecular formula is C14H22N2O3S. The van der Waals surface area contributed by atoms with Crippen molar-refractivity contribution in [2.75, 3.05) is 12.3 Å². The number of sulfone groups is 1. The van der Waals surface area contributed by atoms with Crippen LogP contribution in [0, 0.1) is 5.92 Å². The Morgan fingerprint density at radius 3 is 2.40 bits per heavy atom. The standard InChI is InChI=1S/C14H22N2O3S/c1-10(2)8-9-16-14(17)11(3)20(18,19)13-7-5-4-6-12(13)15/h4-7,10-11H,8-9,15H2,1-3H3,(H,16,17). The van der Waals surface area contributed by atoms with Crippen LogP contribution >= 0.6 is 0 Å². The molecule has 1 aromatic carbocycles. The number of hydrogen-bond donors (Lipinski definition) is 2. The molecule has 1 rings (SSSR count). The van der Waals surface area contributed by atoms with Gasteiger partial charge in [-0.15, -0.1) is 0 Å². The third-order valence-corrected chi connectivity index (χ3v) is 5.21.